The Morgan fingerprint density at radius 1 is 1.35 bits per heavy atom. The Bertz CT molecular complexity index is 578. The summed E-state index contributed by atoms with van der Waals surface area (Å²) in [5.74, 6) is 0. The lowest BCUT2D eigenvalue weighted by Crippen LogP contribution is -2.14. The van der Waals surface area contributed by atoms with Crippen LogP contribution in [0.15, 0.2) is 18.3 Å². The van der Waals surface area contributed by atoms with Crippen molar-refractivity contribution in [3.63, 3.8) is 0 Å². The molecule has 0 aromatic carbocycles. The predicted molar refractivity (Wildman–Crippen MR) is 76.9 cm³/mol. The molecule has 0 fully saturated rings. The van der Waals surface area contributed by atoms with Crippen molar-refractivity contribution < 1.29 is 9.84 Å². The quantitative estimate of drug-likeness (QED) is 0.919. The van der Waals surface area contributed by atoms with Gasteiger partial charge in [0.25, 0.3) is 0 Å². The van der Waals surface area contributed by atoms with Crippen LogP contribution in [-0.2, 0) is 11.3 Å². The monoisotopic (exact) mass is 295 g/mol. The van der Waals surface area contributed by atoms with Crippen molar-refractivity contribution in [2.45, 2.75) is 26.5 Å². The first-order valence-electron chi connectivity index (χ1n) is 6.36. The number of aromatic nitrogens is 3. The molecule has 1 atom stereocenters. The van der Waals surface area contributed by atoms with Crippen LogP contribution in [0.25, 0.3) is 0 Å². The van der Waals surface area contributed by atoms with Gasteiger partial charge in [-0.3, -0.25) is 9.67 Å². The van der Waals surface area contributed by atoms with E-state index in [9.17, 15) is 5.11 Å². The van der Waals surface area contributed by atoms with E-state index >= 15 is 0 Å². The summed E-state index contributed by atoms with van der Waals surface area (Å²) < 4.78 is 6.71. The highest BCUT2D eigenvalue weighted by Gasteiger charge is 2.20. The summed E-state index contributed by atoms with van der Waals surface area (Å²) in [6, 6.07) is 3.70. The second-order valence-corrected chi connectivity index (χ2v) is 5.09. The number of aryl methyl sites for hydroxylation is 2. The maximum absolute atomic E-state index is 10.6. The van der Waals surface area contributed by atoms with E-state index in [0.717, 1.165) is 17.0 Å². The number of methoxy groups -OCH3 is 1. The molecule has 5 nitrogen and oxygen atoms in total. The summed E-state index contributed by atoms with van der Waals surface area (Å²) >= 11 is 6.15. The minimum absolute atomic E-state index is 0.445. The van der Waals surface area contributed by atoms with Gasteiger partial charge in [0, 0.05) is 18.5 Å². The molecule has 6 heteroatoms. The first-order valence-corrected chi connectivity index (χ1v) is 6.74. The van der Waals surface area contributed by atoms with Crippen molar-refractivity contribution in [1.82, 2.24) is 14.8 Å². The van der Waals surface area contributed by atoms with Crippen LogP contribution in [0.2, 0.25) is 5.02 Å². The number of aliphatic hydroxyl groups is 1. The number of nitrogens with zero attached hydrogens (tertiary/aromatic N) is 3. The van der Waals surface area contributed by atoms with Gasteiger partial charge < -0.3 is 9.84 Å². The lowest BCUT2D eigenvalue weighted by Gasteiger charge is -2.15. The minimum atomic E-state index is -0.831. The summed E-state index contributed by atoms with van der Waals surface area (Å²) in [5.41, 5.74) is 3.06. The molecule has 2 aromatic rings. The Labute approximate surface area is 123 Å². The third kappa shape index (κ3) is 3.17. The molecule has 0 radical (unpaired) electrons. The number of halogens is 1. The highest BCUT2D eigenvalue weighted by molar-refractivity contribution is 6.31. The van der Waals surface area contributed by atoms with Gasteiger partial charge in [0.1, 0.15) is 6.10 Å². The molecule has 0 bridgehead atoms. The van der Waals surface area contributed by atoms with Gasteiger partial charge in [-0.15, -0.1) is 0 Å². The van der Waals surface area contributed by atoms with E-state index in [4.69, 9.17) is 16.3 Å². The number of pyridine rings is 1. The first-order chi connectivity index (χ1) is 9.52. The molecule has 0 aliphatic heterocycles. The van der Waals surface area contributed by atoms with Crippen molar-refractivity contribution in [1.29, 1.82) is 0 Å². The summed E-state index contributed by atoms with van der Waals surface area (Å²) in [7, 11) is 1.62. The normalized spacial score (nSPS) is 12.7. The first kappa shape index (κ1) is 15.0. The van der Waals surface area contributed by atoms with Crippen molar-refractivity contribution in [3.8, 4) is 0 Å². The molecule has 0 amide bonds. The zero-order valence-corrected chi connectivity index (χ0v) is 12.6. The van der Waals surface area contributed by atoms with Gasteiger partial charge in [0.2, 0.25) is 0 Å². The van der Waals surface area contributed by atoms with E-state index in [1.54, 1.807) is 11.8 Å². The molecular formula is C14H18ClN3O2. The van der Waals surface area contributed by atoms with Crippen LogP contribution >= 0.6 is 11.6 Å². The zero-order chi connectivity index (χ0) is 14.7. The van der Waals surface area contributed by atoms with Crippen LogP contribution < -0.4 is 0 Å². The number of hydrogen-bond donors (Lipinski definition) is 1. The molecule has 20 heavy (non-hydrogen) atoms. The average molecular weight is 296 g/mol. The maximum Gasteiger partial charge on any atom is 0.122 e. The Morgan fingerprint density at radius 2 is 2.00 bits per heavy atom. The van der Waals surface area contributed by atoms with E-state index in [2.05, 4.69) is 10.1 Å². The van der Waals surface area contributed by atoms with Crippen LogP contribution in [0.5, 0.6) is 0 Å². The second-order valence-electron chi connectivity index (χ2n) is 4.68. The molecule has 108 valence electrons. The van der Waals surface area contributed by atoms with Gasteiger partial charge in [-0.05, 0) is 31.5 Å². The number of hydrogen-bond acceptors (Lipinski definition) is 4. The standard InChI is InChI=1S/C14H18ClN3O2/c1-9-6-11(7-10(2)17-9)14(19)13-12(15)8-16-18(13)4-5-20-3/h6-8,14,19H,4-5H2,1-3H3. The molecule has 2 aromatic heterocycles. The Hall–Kier alpha value is -1.43. The van der Waals surface area contributed by atoms with Crippen LogP contribution in [0.1, 0.15) is 28.7 Å². The summed E-state index contributed by atoms with van der Waals surface area (Å²) in [4.78, 5) is 4.31. The van der Waals surface area contributed by atoms with Gasteiger partial charge >= 0.3 is 0 Å². The molecule has 0 aliphatic rings. The third-order valence-electron chi connectivity index (χ3n) is 3.02. The van der Waals surface area contributed by atoms with Gasteiger partial charge in [-0.2, -0.15) is 5.10 Å². The van der Waals surface area contributed by atoms with Gasteiger partial charge in [0.05, 0.1) is 30.1 Å². The molecule has 0 aliphatic carbocycles. The molecule has 2 heterocycles. The number of rotatable bonds is 5. The fourth-order valence-electron chi connectivity index (χ4n) is 2.18. The Kier molecular flexibility index (Phi) is 4.75. The lowest BCUT2D eigenvalue weighted by atomic mass is 10.1. The second kappa shape index (κ2) is 6.35. The fraction of sp³-hybridized carbons (Fsp3) is 0.429. The van der Waals surface area contributed by atoms with Crippen molar-refractivity contribution >= 4 is 11.6 Å². The van der Waals surface area contributed by atoms with Crippen molar-refractivity contribution in [2.24, 2.45) is 0 Å². The zero-order valence-electron chi connectivity index (χ0n) is 11.8. The number of ether oxygens (including phenoxy) is 1. The highest BCUT2D eigenvalue weighted by atomic mass is 35.5. The van der Waals surface area contributed by atoms with E-state index in [-0.39, 0.29) is 0 Å². The van der Waals surface area contributed by atoms with Gasteiger partial charge in [-0.25, -0.2) is 0 Å². The van der Waals surface area contributed by atoms with Gasteiger partial charge in [-0.1, -0.05) is 11.6 Å². The van der Waals surface area contributed by atoms with Crippen LogP contribution in [0.4, 0.5) is 0 Å². The topological polar surface area (TPSA) is 60.2 Å². The van der Waals surface area contributed by atoms with Crippen molar-refractivity contribution in [3.05, 3.63) is 46.0 Å². The fourth-order valence-corrected chi connectivity index (χ4v) is 2.43. The Balaban J connectivity index is 2.36. The Morgan fingerprint density at radius 3 is 2.60 bits per heavy atom. The number of aliphatic hydroxyl groups excluding tert-OH is 1. The molecule has 2 rings (SSSR count). The SMILES string of the molecule is COCCn1ncc(Cl)c1C(O)c1cc(C)nc(C)c1. The molecular weight excluding hydrogens is 278 g/mol. The molecule has 1 unspecified atom stereocenters. The highest BCUT2D eigenvalue weighted by Crippen LogP contribution is 2.28. The smallest absolute Gasteiger partial charge is 0.122 e. The van der Waals surface area contributed by atoms with Crippen LogP contribution in [0, 0.1) is 13.8 Å². The molecule has 0 saturated carbocycles. The van der Waals surface area contributed by atoms with Crippen LogP contribution in [0.3, 0.4) is 0 Å². The summed E-state index contributed by atoms with van der Waals surface area (Å²) in [6.45, 7) is 4.84. The lowest BCUT2D eigenvalue weighted by molar-refractivity contribution is 0.171. The third-order valence-corrected chi connectivity index (χ3v) is 3.31. The van der Waals surface area contributed by atoms with Gasteiger partial charge in [0.15, 0.2) is 0 Å². The summed E-state index contributed by atoms with van der Waals surface area (Å²) in [6.07, 6.45) is 0.707. The minimum Gasteiger partial charge on any atom is -0.383 e. The molecule has 0 saturated heterocycles. The van der Waals surface area contributed by atoms with E-state index in [0.29, 0.717) is 23.9 Å². The van der Waals surface area contributed by atoms with Crippen LogP contribution in [-0.4, -0.2) is 33.6 Å². The van der Waals surface area contributed by atoms with E-state index in [1.807, 2.05) is 26.0 Å². The van der Waals surface area contributed by atoms with E-state index < -0.39 is 6.10 Å². The molecule has 0 spiro atoms. The van der Waals surface area contributed by atoms with E-state index in [1.165, 1.54) is 6.20 Å². The largest absolute Gasteiger partial charge is 0.383 e. The average Bonchev–Trinajstić information content (AvgIpc) is 2.75. The molecule has 1 N–H and O–H groups in total. The predicted octanol–water partition coefficient (Wildman–Crippen LogP) is 2.28. The van der Waals surface area contributed by atoms with Crippen molar-refractivity contribution in [2.75, 3.05) is 13.7 Å². The summed E-state index contributed by atoms with van der Waals surface area (Å²) in [5, 5.41) is 15.2. The maximum atomic E-state index is 10.6.